The Morgan fingerprint density at radius 3 is 3.24 bits per heavy atom. The van der Waals surface area contributed by atoms with Crippen LogP contribution < -0.4 is 10.1 Å². The maximum Gasteiger partial charge on any atom is 0.226 e. The van der Waals surface area contributed by atoms with Gasteiger partial charge in [-0.2, -0.15) is 4.98 Å². The quantitative estimate of drug-likeness (QED) is 0.845. The molecular formula is C12H19N3O2. The summed E-state index contributed by atoms with van der Waals surface area (Å²) >= 11 is 0. The summed E-state index contributed by atoms with van der Waals surface area (Å²) in [5.74, 6) is 1.77. The minimum Gasteiger partial charge on any atom is -0.478 e. The number of anilines is 1. The molecule has 1 aromatic heterocycles. The van der Waals surface area contributed by atoms with Crippen molar-refractivity contribution in [1.82, 2.24) is 9.97 Å². The van der Waals surface area contributed by atoms with E-state index in [0.717, 1.165) is 19.6 Å². The molecule has 0 amide bonds. The number of ether oxygens (including phenoxy) is 2. The Morgan fingerprint density at radius 2 is 2.53 bits per heavy atom. The zero-order chi connectivity index (χ0) is 12.1. The van der Waals surface area contributed by atoms with Crippen molar-refractivity contribution in [3.8, 4) is 5.88 Å². The minimum absolute atomic E-state index is 0.314. The average molecular weight is 237 g/mol. The molecule has 17 heavy (non-hydrogen) atoms. The van der Waals surface area contributed by atoms with E-state index in [2.05, 4.69) is 22.2 Å². The van der Waals surface area contributed by atoms with Crippen LogP contribution in [0.1, 0.15) is 20.3 Å². The highest BCUT2D eigenvalue weighted by Crippen LogP contribution is 2.19. The monoisotopic (exact) mass is 237 g/mol. The molecule has 94 valence electrons. The predicted octanol–water partition coefficient (Wildman–Crippen LogP) is 1.71. The van der Waals surface area contributed by atoms with Gasteiger partial charge < -0.3 is 14.8 Å². The largest absolute Gasteiger partial charge is 0.478 e. The molecule has 1 N–H and O–H groups in total. The summed E-state index contributed by atoms with van der Waals surface area (Å²) in [7, 11) is 0. The SMILES string of the molecule is CCOc1ccnc(NC(C)C2CCOC2)n1. The first-order chi connectivity index (χ1) is 8.29. The van der Waals surface area contributed by atoms with Crippen LogP contribution >= 0.6 is 0 Å². The topological polar surface area (TPSA) is 56.3 Å². The lowest BCUT2D eigenvalue weighted by Gasteiger charge is -2.19. The maximum atomic E-state index is 5.37. The van der Waals surface area contributed by atoms with E-state index >= 15 is 0 Å². The molecule has 0 aliphatic carbocycles. The summed E-state index contributed by atoms with van der Waals surface area (Å²) in [6, 6.07) is 2.08. The zero-order valence-corrected chi connectivity index (χ0v) is 10.3. The van der Waals surface area contributed by atoms with Gasteiger partial charge in [-0.25, -0.2) is 4.98 Å². The molecule has 1 fully saturated rings. The van der Waals surface area contributed by atoms with Gasteiger partial charge in [0.2, 0.25) is 11.8 Å². The average Bonchev–Trinajstić information content (AvgIpc) is 2.83. The van der Waals surface area contributed by atoms with E-state index < -0.39 is 0 Å². The lowest BCUT2D eigenvalue weighted by atomic mass is 10.0. The van der Waals surface area contributed by atoms with Crippen LogP contribution in [0.5, 0.6) is 5.88 Å². The summed E-state index contributed by atoms with van der Waals surface area (Å²) in [4.78, 5) is 8.48. The second-order valence-electron chi connectivity index (χ2n) is 4.21. The van der Waals surface area contributed by atoms with Crippen molar-refractivity contribution >= 4 is 5.95 Å². The van der Waals surface area contributed by atoms with Crippen molar-refractivity contribution in [1.29, 1.82) is 0 Å². The first-order valence-electron chi connectivity index (χ1n) is 6.09. The fraction of sp³-hybridized carbons (Fsp3) is 0.667. The number of nitrogens with zero attached hydrogens (tertiary/aromatic N) is 2. The van der Waals surface area contributed by atoms with Crippen LogP contribution in [-0.4, -0.2) is 35.8 Å². The second kappa shape index (κ2) is 5.82. The van der Waals surface area contributed by atoms with Crippen molar-refractivity contribution in [2.24, 2.45) is 5.92 Å². The fourth-order valence-electron chi connectivity index (χ4n) is 1.91. The third-order valence-electron chi connectivity index (χ3n) is 2.95. The highest BCUT2D eigenvalue weighted by molar-refractivity contribution is 5.28. The van der Waals surface area contributed by atoms with E-state index in [4.69, 9.17) is 9.47 Å². The van der Waals surface area contributed by atoms with Crippen LogP contribution in [0.15, 0.2) is 12.3 Å². The fourth-order valence-corrected chi connectivity index (χ4v) is 1.91. The molecule has 2 unspecified atom stereocenters. The molecule has 0 radical (unpaired) electrons. The first-order valence-corrected chi connectivity index (χ1v) is 6.09. The van der Waals surface area contributed by atoms with Gasteiger partial charge >= 0.3 is 0 Å². The van der Waals surface area contributed by atoms with E-state index in [1.54, 1.807) is 12.3 Å². The van der Waals surface area contributed by atoms with Gasteiger partial charge in [-0.05, 0) is 20.3 Å². The number of nitrogens with one attached hydrogen (secondary N) is 1. The van der Waals surface area contributed by atoms with Crippen LogP contribution in [0.4, 0.5) is 5.95 Å². The Balaban J connectivity index is 1.94. The van der Waals surface area contributed by atoms with Crippen LogP contribution in [0.3, 0.4) is 0 Å². The first kappa shape index (κ1) is 12.1. The molecule has 0 bridgehead atoms. The predicted molar refractivity (Wildman–Crippen MR) is 65.2 cm³/mol. The van der Waals surface area contributed by atoms with Crippen molar-refractivity contribution in [2.45, 2.75) is 26.3 Å². The van der Waals surface area contributed by atoms with E-state index in [1.165, 1.54) is 0 Å². The highest BCUT2D eigenvalue weighted by Gasteiger charge is 2.22. The molecule has 2 rings (SSSR count). The normalized spacial score (nSPS) is 21.2. The Bertz CT molecular complexity index is 353. The number of hydrogen-bond acceptors (Lipinski definition) is 5. The Morgan fingerprint density at radius 1 is 1.65 bits per heavy atom. The van der Waals surface area contributed by atoms with Gasteiger partial charge in [0.05, 0.1) is 13.2 Å². The summed E-state index contributed by atoms with van der Waals surface area (Å²) < 4.78 is 10.7. The lowest BCUT2D eigenvalue weighted by molar-refractivity contribution is 0.183. The van der Waals surface area contributed by atoms with E-state index in [9.17, 15) is 0 Å². The van der Waals surface area contributed by atoms with Gasteiger partial charge in [0, 0.05) is 30.8 Å². The second-order valence-corrected chi connectivity index (χ2v) is 4.21. The molecule has 5 heteroatoms. The molecule has 1 aliphatic rings. The summed E-state index contributed by atoms with van der Waals surface area (Å²) in [6.45, 7) is 6.36. The third-order valence-corrected chi connectivity index (χ3v) is 2.95. The molecule has 5 nitrogen and oxygen atoms in total. The molecule has 1 aromatic rings. The van der Waals surface area contributed by atoms with Crippen molar-refractivity contribution < 1.29 is 9.47 Å². The molecular weight excluding hydrogens is 218 g/mol. The van der Waals surface area contributed by atoms with Crippen LogP contribution in [0.2, 0.25) is 0 Å². The van der Waals surface area contributed by atoms with Crippen molar-refractivity contribution in [3.05, 3.63) is 12.3 Å². The van der Waals surface area contributed by atoms with Crippen molar-refractivity contribution in [2.75, 3.05) is 25.1 Å². The molecule has 1 aliphatic heterocycles. The van der Waals surface area contributed by atoms with Gasteiger partial charge in [-0.15, -0.1) is 0 Å². The van der Waals surface area contributed by atoms with Gasteiger partial charge in [0.25, 0.3) is 0 Å². The number of aromatic nitrogens is 2. The van der Waals surface area contributed by atoms with E-state index in [1.807, 2.05) is 6.92 Å². The number of hydrogen-bond donors (Lipinski definition) is 1. The lowest BCUT2D eigenvalue weighted by Crippen LogP contribution is -2.27. The molecule has 2 heterocycles. The molecule has 1 saturated heterocycles. The third kappa shape index (κ3) is 3.30. The number of rotatable bonds is 5. The minimum atomic E-state index is 0.314. The molecule has 2 atom stereocenters. The molecule has 0 aromatic carbocycles. The smallest absolute Gasteiger partial charge is 0.226 e. The van der Waals surface area contributed by atoms with E-state index in [0.29, 0.717) is 30.4 Å². The van der Waals surface area contributed by atoms with Gasteiger partial charge in [-0.1, -0.05) is 0 Å². The van der Waals surface area contributed by atoms with E-state index in [-0.39, 0.29) is 0 Å². The van der Waals surface area contributed by atoms with Gasteiger partial charge in [0.1, 0.15) is 0 Å². The zero-order valence-electron chi connectivity index (χ0n) is 10.3. The van der Waals surface area contributed by atoms with Gasteiger partial charge in [0.15, 0.2) is 0 Å². The maximum absolute atomic E-state index is 5.37. The van der Waals surface area contributed by atoms with Crippen LogP contribution in [-0.2, 0) is 4.74 Å². The van der Waals surface area contributed by atoms with Gasteiger partial charge in [-0.3, -0.25) is 0 Å². The molecule has 0 saturated carbocycles. The van der Waals surface area contributed by atoms with Crippen LogP contribution in [0, 0.1) is 5.92 Å². The summed E-state index contributed by atoms with van der Waals surface area (Å²) in [5, 5.41) is 3.30. The standard InChI is InChI=1S/C12H19N3O2/c1-3-17-11-4-6-13-12(15-11)14-9(2)10-5-7-16-8-10/h4,6,9-10H,3,5,7-8H2,1-2H3,(H,13,14,15). The Labute approximate surface area is 102 Å². The Hall–Kier alpha value is -1.36. The Kier molecular flexibility index (Phi) is 4.14. The van der Waals surface area contributed by atoms with Crippen molar-refractivity contribution in [3.63, 3.8) is 0 Å². The highest BCUT2D eigenvalue weighted by atomic mass is 16.5. The summed E-state index contributed by atoms with van der Waals surface area (Å²) in [6.07, 6.45) is 2.80. The van der Waals surface area contributed by atoms with Crippen LogP contribution in [0.25, 0.3) is 0 Å². The molecule has 0 spiro atoms. The summed E-state index contributed by atoms with van der Waals surface area (Å²) in [5.41, 5.74) is 0.